The Morgan fingerprint density at radius 2 is 1.38 bits per heavy atom. The molecule has 1 heterocycles. The van der Waals surface area contributed by atoms with Crippen molar-refractivity contribution in [2.24, 2.45) is 11.8 Å². The average molecular weight is 289 g/mol. The predicted octanol–water partition coefficient (Wildman–Crippen LogP) is 2.38. The van der Waals surface area contributed by atoms with E-state index >= 15 is 0 Å². The fourth-order valence-corrected chi connectivity index (χ4v) is 3.34. The zero-order valence-corrected chi connectivity index (χ0v) is 12.3. The number of hydrogen-bond donors (Lipinski definition) is 0. The van der Waals surface area contributed by atoms with Gasteiger partial charge < -0.3 is 9.47 Å². The van der Waals surface area contributed by atoms with Gasteiger partial charge in [0.15, 0.2) is 0 Å². The molecule has 0 bridgehead atoms. The van der Waals surface area contributed by atoms with E-state index < -0.39 is 0 Å². The van der Waals surface area contributed by atoms with Crippen molar-refractivity contribution in [2.45, 2.75) is 25.7 Å². The molecule has 5 nitrogen and oxygen atoms in total. The predicted molar refractivity (Wildman–Crippen MR) is 77.5 cm³/mol. The molecule has 21 heavy (non-hydrogen) atoms. The first-order valence-corrected chi connectivity index (χ1v) is 7.26. The summed E-state index contributed by atoms with van der Waals surface area (Å²) in [6.45, 7) is 0. The summed E-state index contributed by atoms with van der Waals surface area (Å²) in [6.07, 6.45) is 3.67. The number of carbonyl (C=O) groups is 2. The summed E-state index contributed by atoms with van der Waals surface area (Å²) in [5.41, 5.74) is 0.538. The van der Waals surface area contributed by atoms with Crippen LogP contribution in [0, 0.1) is 11.8 Å². The van der Waals surface area contributed by atoms with Gasteiger partial charge in [-0.15, -0.1) is 0 Å². The molecule has 2 unspecified atom stereocenters. The van der Waals surface area contributed by atoms with Crippen LogP contribution in [-0.4, -0.2) is 26.0 Å². The quantitative estimate of drug-likeness (QED) is 0.802. The third-order valence-electron chi connectivity index (χ3n) is 4.44. The number of amides is 2. The third-order valence-corrected chi connectivity index (χ3v) is 4.44. The summed E-state index contributed by atoms with van der Waals surface area (Å²) < 4.78 is 10.4. The highest BCUT2D eigenvalue weighted by atomic mass is 16.5. The van der Waals surface area contributed by atoms with Crippen molar-refractivity contribution in [1.82, 2.24) is 0 Å². The van der Waals surface area contributed by atoms with Crippen LogP contribution in [0.15, 0.2) is 18.2 Å². The number of rotatable bonds is 3. The lowest BCUT2D eigenvalue weighted by Crippen LogP contribution is -2.30. The number of benzene rings is 1. The van der Waals surface area contributed by atoms with Crippen LogP contribution in [0.3, 0.4) is 0 Å². The minimum atomic E-state index is -0.150. The first-order chi connectivity index (χ1) is 10.2. The second-order valence-electron chi connectivity index (χ2n) is 5.58. The molecule has 5 heteroatoms. The first kappa shape index (κ1) is 13.9. The lowest BCUT2D eigenvalue weighted by molar-refractivity contribution is -0.122. The third kappa shape index (κ3) is 2.26. The average Bonchev–Trinajstić information content (AvgIpc) is 2.78. The summed E-state index contributed by atoms with van der Waals surface area (Å²) >= 11 is 0. The van der Waals surface area contributed by atoms with E-state index in [-0.39, 0.29) is 23.7 Å². The van der Waals surface area contributed by atoms with Crippen LogP contribution in [0.4, 0.5) is 5.69 Å². The summed E-state index contributed by atoms with van der Waals surface area (Å²) in [6, 6.07) is 5.13. The summed E-state index contributed by atoms with van der Waals surface area (Å²) in [5, 5.41) is 0. The van der Waals surface area contributed by atoms with Gasteiger partial charge in [-0.3, -0.25) is 9.59 Å². The number of nitrogens with zero attached hydrogens (tertiary/aromatic N) is 1. The van der Waals surface area contributed by atoms with Crippen LogP contribution in [0.2, 0.25) is 0 Å². The lowest BCUT2D eigenvalue weighted by atomic mass is 9.81. The number of imide groups is 1. The van der Waals surface area contributed by atoms with Crippen molar-refractivity contribution in [3.05, 3.63) is 18.2 Å². The van der Waals surface area contributed by atoms with Crippen LogP contribution in [0.5, 0.6) is 11.5 Å². The molecule has 0 radical (unpaired) electrons. The Bertz CT molecular complexity index is 537. The maximum absolute atomic E-state index is 12.6. The molecule has 0 aromatic heterocycles. The van der Waals surface area contributed by atoms with E-state index in [0.29, 0.717) is 17.2 Å². The van der Waals surface area contributed by atoms with E-state index in [1.165, 1.54) is 4.90 Å². The highest BCUT2D eigenvalue weighted by Gasteiger charge is 2.48. The number of fused-ring (bicyclic) bond motifs is 1. The van der Waals surface area contributed by atoms with Gasteiger partial charge in [0, 0.05) is 18.2 Å². The molecule has 0 spiro atoms. The highest BCUT2D eigenvalue weighted by molar-refractivity contribution is 6.22. The smallest absolute Gasteiger partial charge is 0.237 e. The second-order valence-corrected chi connectivity index (χ2v) is 5.58. The van der Waals surface area contributed by atoms with Crippen molar-refractivity contribution in [3.8, 4) is 11.5 Å². The molecule has 1 aliphatic carbocycles. The Morgan fingerprint density at radius 1 is 0.905 bits per heavy atom. The second kappa shape index (κ2) is 5.39. The van der Waals surface area contributed by atoms with Crippen molar-refractivity contribution >= 4 is 17.5 Å². The Labute approximate surface area is 123 Å². The number of ether oxygens (including phenoxy) is 2. The normalized spacial score (nSPS) is 25.0. The Morgan fingerprint density at radius 3 is 1.81 bits per heavy atom. The maximum Gasteiger partial charge on any atom is 0.237 e. The lowest BCUT2D eigenvalue weighted by Gasteiger charge is -2.19. The SMILES string of the molecule is COc1cc(OC)cc(N2C(=O)C3CCCCC3C2=O)c1. The van der Waals surface area contributed by atoms with Crippen LogP contribution in [0.1, 0.15) is 25.7 Å². The molecule has 0 N–H and O–H groups in total. The summed E-state index contributed by atoms with van der Waals surface area (Å²) in [7, 11) is 3.10. The Kier molecular flexibility index (Phi) is 3.57. The van der Waals surface area contributed by atoms with Gasteiger partial charge >= 0.3 is 0 Å². The zero-order valence-electron chi connectivity index (χ0n) is 12.3. The molecule has 2 aliphatic rings. The minimum absolute atomic E-state index is 0.0833. The molecule has 1 saturated heterocycles. The fraction of sp³-hybridized carbons (Fsp3) is 0.500. The first-order valence-electron chi connectivity index (χ1n) is 7.26. The molecule has 112 valence electrons. The summed E-state index contributed by atoms with van der Waals surface area (Å²) in [4.78, 5) is 26.5. The molecular weight excluding hydrogens is 270 g/mol. The van der Waals surface area contributed by atoms with Crippen molar-refractivity contribution in [2.75, 3.05) is 19.1 Å². The largest absolute Gasteiger partial charge is 0.497 e. The van der Waals surface area contributed by atoms with Crippen LogP contribution in [0.25, 0.3) is 0 Å². The Balaban J connectivity index is 1.99. The highest BCUT2D eigenvalue weighted by Crippen LogP contribution is 2.41. The van der Waals surface area contributed by atoms with Crippen LogP contribution < -0.4 is 14.4 Å². The van der Waals surface area contributed by atoms with Gasteiger partial charge in [-0.1, -0.05) is 12.8 Å². The number of carbonyl (C=O) groups excluding carboxylic acids is 2. The summed E-state index contributed by atoms with van der Waals surface area (Å²) in [5.74, 6) is 0.673. The van der Waals surface area contributed by atoms with E-state index in [0.717, 1.165) is 25.7 Å². The Hall–Kier alpha value is -2.04. The van der Waals surface area contributed by atoms with Gasteiger partial charge in [0.25, 0.3) is 0 Å². The molecule has 3 rings (SSSR count). The van der Waals surface area contributed by atoms with E-state index in [2.05, 4.69) is 0 Å². The molecule has 1 aromatic rings. The molecule has 2 fully saturated rings. The van der Waals surface area contributed by atoms with E-state index in [1.807, 2.05) is 0 Å². The van der Waals surface area contributed by atoms with Crippen LogP contribution >= 0.6 is 0 Å². The molecule has 2 amide bonds. The minimum Gasteiger partial charge on any atom is -0.497 e. The van der Waals surface area contributed by atoms with Gasteiger partial charge in [0.2, 0.25) is 11.8 Å². The van der Waals surface area contributed by atoms with Gasteiger partial charge in [-0.05, 0) is 12.8 Å². The number of methoxy groups -OCH3 is 2. The maximum atomic E-state index is 12.6. The molecule has 2 atom stereocenters. The molecule has 1 aromatic carbocycles. The number of anilines is 1. The molecule has 1 aliphatic heterocycles. The van der Waals surface area contributed by atoms with Gasteiger partial charge in [0.05, 0.1) is 31.7 Å². The monoisotopic (exact) mass is 289 g/mol. The molecular formula is C16H19NO4. The topological polar surface area (TPSA) is 55.8 Å². The van der Waals surface area contributed by atoms with Gasteiger partial charge in [-0.25, -0.2) is 4.90 Å². The standard InChI is InChI=1S/C16H19NO4/c1-20-11-7-10(8-12(9-11)21-2)17-15(18)13-5-3-4-6-14(13)16(17)19/h7-9,13-14H,3-6H2,1-2H3. The van der Waals surface area contributed by atoms with E-state index in [1.54, 1.807) is 32.4 Å². The van der Waals surface area contributed by atoms with E-state index in [4.69, 9.17) is 9.47 Å². The fourth-order valence-electron chi connectivity index (χ4n) is 3.34. The van der Waals surface area contributed by atoms with Crippen LogP contribution in [-0.2, 0) is 9.59 Å². The van der Waals surface area contributed by atoms with Gasteiger partial charge in [-0.2, -0.15) is 0 Å². The van der Waals surface area contributed by atoms with Crippen molar-refractivity contribution in [3.63, 3.8) is 0 Å². The van der Waals surface area contributed by atoms with Crippen molar-refractivity contribution in [1.29, 1.82) is 0 Å². The van der Waals surface area contributed by atoms with Gasteiger partial charge in [0.1, 0.15) is 11.5 Å². The number of hydrogen-bond acceptors (Lipinski definition) is 4. The van der Waals surface area contributed by atoms with E-state index in [9.17, 15) is 9.59 Å². The molecule has 1 saturated carbocycles. The van der Waals surface area contributed by atoms with Crippen molar-refractivity contribution < 1.29 is 19.1 Å². The zero-order chi connectivity index (χ0) is 15.0.